The first-order valence-corrected chi connectivity index (χ1v) is 4.58. The molecule has 0 bridgehead atoms. The number of hydrogen-bond donors (Lipinski definition) is 2. The SMILES string of the molecule is CCCNc1cccc2[nH]ncc12. The van der Waals surface area contributed by atoms with Crippen molar-refractivity contribution in [1.29, 1.82) is 0 Å². The van der Waals surface area contributed by atoms with Crippen LogP contribution >= 0.6 is 0 Å². The van der Waals surface area contributed by atoms with Gasteiger partial charge in [0, 0.05) is 17.6 Å². The van der Waals surface area contributed by atoms with Crippen molar-refractivity contribution < 1.29 is 0 Å². The van der Waals surface area contributed by atoms with E-state index in [0.717, 1.165) is 29.6 Å². The first-order chi connectivity index (χ1) is 6.42. The number of fused-ring (bicyclic) bond motifs is 1. The zero-order valence-electron chi connectivity index (χ0n) is 7.67. The third kappa shape index (κ3) is 1.49. The van der Waals surface area contributed by atoms with E-state index in [1.165, 1.54) is 0 Å². The van der Waals surface area contributed by atoms with Gasteiger partial charge in [0.05, 0.1) is 11.7 Å². The van der Waals surface area contributed by atoms with E-state index in [2.05, 4.69) is 28.5 Å². The smallest absolute Gasteiger partial charge is 0.0671 e. The predicted octanol–water partition coefficient (Wildman–Crippen LogP) is 2.38. The lowest BCUT2D eigenvalue weighted by Crippen LogP contribution is -1.99. The van der Waals surface area contributed by atoms with E-state index in [1.54, 1.807) is 0 Å². The minimum Gasteiger partial charge on any atom is -0.384 e. The van der Waals surface area contributed by atoms with E-state index >= 15 is 0 Å². The van der Waals surface area contributed by atoms with Crippen molar-refractivity contribution in [1.82, 2.24) is 10.2 Å². The Morgan fingerprint density at radius 3 is 3.23 bits per heavy atom. The molecule has 0 saturated heterocycles. The van der Waals surface area contributed by atoms with Crippen molar-refractivity contribution >= 4 is 16.6 Å². The van der Waals surface area contributed by atoms with Gasteiger partial charge in [-0.1, -0.05) is 13.0 Å². The fraction of sp³-hybridized carbons (Fsp3) is 0.300. The van der Waals surface area contributed by atoms with Crippen LogP contribution in [-0.4, -0.2) is 16.7 Å². The van der Waals surface area contributed by atoms with Gasteiger partial charge in [-0.25, -0.2) is 0 Å². The highest BCUT2D eigenvalue weighted by Crippen LogP contribution is 2.20. The van der Waals surface area contributed by atoms with Crippen LogP contribution in [0, 0.1) is 0 Å². The van der Waals surface area contributed by atoms with Crippen LogP contribution in [0.3, 0.4) is 0 Å². The third-order valence-corrected chi connectivity index (χ3v) is 2.05. The molecule has 1 aromatic heterocycles. The molecule has 0 aliphatic rings. The first-order valence-electron chi connectivity index (χ1n) is 4.58. The predicted molar refractivity (Wildman–Crippen MR) is 54.9 cm³/mol. The van der Waals surface area contributed by atoms with Crippen LogP contribution in [-0.2, 0) is 0 Å². The monoisotopic (exact) mass is 175 g/mol. The summed E-state index contributed by atoms with van der Waals surface area (Å²) in [7, 11) is 0. The van der Waals surface area contributed by atoms with Gasteiger partial charge in [0.2, 0.25) is 0 Å². The highest BCUT2D eigenvalue weighted by atomic mass is 15.1. The number of H-pyrrole nitrogens is 1. The van der Waals surface area contributed by atoms with Crippen LogP contribution in [0.1, 0.15) is 13.3 Å². The first kappa shape index (κ1) is 8.10. The van der Waals surface area contributed by atoms with Crippen LogP contribution in [0.4, 0.5) is 5.69 Å². The second-order valence-corrected chi connectivity index (χ2v) is 3.06. The molecular weight excluding hydrogens is 162 g/mol. The van der Waals surface area contributed by atoms with Crippen LogP contribution in [0.2, 0.25) is 0 Å². The van der Waals surface area contributed by atoms with Gasteiger partial charge >= 0.3 is 0 Å². The lowest BCUT2D eigenvalue weighted by Gasteiger charge is -2.04. The quantitative estimate of drug-likeness (QED) is 0.752. The zero-order valence-corrected chi connectivity index (χ0v) is 7.67. The zero-order chi connectivity index (χ0) is 9.10. The van der Waals surface area contributed by atoms with Crippen LogP contribution < -0.4 is 5.32 Å². The van der Waals surface area contributed by atoms with E-state index in [9.17, 15) is 0 Å². The van der Waals surface area contributed by atoms with Gasteiger partial charge in [-0.2, -0.15) is 5.10 Å². The lowest BCUT2D eigenvalue weighted by molar-refractivity contribution is 0.981. The summed E-state index contributed by atoms with van der Waals surface area (Å²) in [5.74, 6) is 0. The molecular formula is C10H13N3. The molecule has 2 rings (SSSR count). The Morgan fingerprint density at radius 1 is 1.46 bits per heavy atom. The number of benzene rings is 1. The third-order valence-electron chi connectivity index (χ3n) is 2.05. The van der Waals surface area contributed by atoms with Crippen molar-refractivity contribution in [3.63, 3.8) is 0 Å². The van der Waals surface area contributed by atoms with Crippen molar-refractivity contribution in [2.45, 2.75) is 13.3 Å². The second kappa shape index (κ2) is 3.47. The molecule has 0 fully saturated rings. The Labute approximate surface area is 77.2 Å². The molecule has 2 N–H and O–H groups in total. The summed E-state index contributed by atoms with van der Waals surface area (Å²) >= 11 is 0. The van der Waals surface area contributed by atoms with Crippen molar-refractivity contribution in [3.8, 4) is 0 Å². The van der Waals surface area contributed by atoms with E-state index in [1.807, 2.05) is 18.3 Å². The second-order valence-electron chi connectivity index (χ2n) is 3.06. The summed E-state index contributed by atoms with van der Waals surface area (Å²) in [4.78, 5) is 0. The summed E-state index contributed by atoms with van der Waals surface area (Å²) < 4.78 is 0. The number of hydrogen-bond acceptors (Lipinski definition) is 2. The summed E-state index contributed by atoms with van der Waals surface area (Å²) in [6.45, 7) is 3.16. The maximum atomic E-state index is 4.01. The van der Waals surface area contributed by atoms with Gasteiger partial charge in [0.15, 0.2) is 0 Å². The van der Waals surface area contributed by atoms with Crippen LogP contribution in [0.15, 0.2) is 24.4 Å². The van der Waals surface area contributed by atoms with Crippen LogP contribution in [0.5, 0.6) is 0 Å². The summed E-state index contributed by atoms with van der Waals surface area (Å²) in [6, 6.07) is 6.13. The average molecular weight is 175 g/mol. The van der Waals surface area contributed by atoms with Crippen molar-refractivity contribution in [2.75, 3.05) is 11.9 Å². The Morgan fingerprint density at radius 2 is 2.38 bits per heavy atom. The minimum absolute atomic E-state index is 1.00. The molecule has 2 aromatic rings. The molecule has 0 atom stereocenters. The van der Waals surface area contributed by atoms with Crippen molar-refractivity contribution in [2.24, 2.45) is 0 Å². The van der Waals surface area contributed by atoms with Gasteiger partial charge < -0.3 is 5.32 Å². The molecule has 0 radical (unpaired) electrons. The average Bonchev–Trinajstić information content (AvgIpc) is 2.62. The molecule has 3 heteroatoms. The van der Waals surface area contributed by atoms with E-state index in [4.69, 9.17) is 0 Å². The highest BCUT2D eigenvalue weighted by Gasteiger charge is 1.99. The summed E-state index contributed by atoms with van der Waals surface area (Å²) in [6.07, 6.45) is 2.99. The Hall–Kier alpha value is -1.51. The standard InChI is InChI=1S/C10H13N3/c1-2-6-11-9-4-3-5-10-8(9)7-12-13-10/h3-5,7,11H,2,6H2,1H3,(H,12,13). The van der Waals surface area contributed by atoms with Crippen molar-refractivity contribution in [3.05, 3.63) is 24.4 Å². The number of aromatic amines is 1. The van der Waals surface area contributed by atoms with Crippen LogP contribution in [0.25, 0.3) is 10.9 Å². The maximum Gasteiger partial charge on any atom is 0.0671 e. The van der Waals surface area contributed by atoms with Gasteiger partial charge in [0.25, 0.3) is 0 Å². The number of nitrogens with zero attached hydrogens (tertiary/aromatic N) is 1. The normalized spacial score (nSPS) is 10.5. The van der Waals surface area contributed by atoms with Gasteiger partial charge in [0.1, 0.15) is 0 Å². The molecule has 0 spiro atoms. The fourth-order valence-electron chi connectivity index (χ4n) is 1.38. The van der Waals surface area contributed by atoms with Gasteiger partial charge in [-0.3, -0.25) is 5.10 Å². The Kier molecular flexibility index (Phi) is 2.17. The van der Waals surface area contributed by atoms with E-state index in [0.29, 0.717) is 0 Å². The molecule has 0 aliphatic heterocycles. The molecule has 1 aromatic carbocycles. The summed E-state index contributed by atoms with van der Waals surface area (Å²) in [5.41, 5.74) is 2.24. The number of anilines is 1. The fourth-order valence-corrected chi connectivity index (χ4v) is 1.38. The van der Waals surface area contributed by atoms with Gasteiger partial charge in [-0.05, 0) is 18.6 Å². The molecule has 0 saturated carbocycles. The maximum absolute atomic E-state index is 4.01. The lowest BCUT2D eigenvalue weighted by atomic mass is 10.2. The molecule has 0 amide bonds. The van der Waals surface area contributed by atoms with E-state index < -0.39 is 0 Å². The molecule has 0 aliphatic carbocycles. The topological polar surface area (TPSA) is 40.7 Å². The Bertz CT molecular complexity index is 392. The van der Waals surface area contributed by atoms with E-state index in [-0.39, 0.29) is 0 Å². The number of aromatic nitrogens is 2. The highest BCUT2D eigenvalue weighted by molar-refractivity contribution is 5.90. The molecule has 13 heavy (non-hydrogen) atoms. The summed E-state index contributed by atoms with van der Waals surface area (Å²) in [5, 5.41) is 11.5. The molecule has 3 nitrogen and oxygen atoms in total. The number of rotatable bonds is 3. The largest absolute Gasteiger partial charge is 0.384 e. The minimum atomic E-state index is 1.00. The molecule has 68 valence electrons. The Balaban J connectivity index is 2.37. The molecule has 1 heterocycles. The van der Waals surface area contributed by atoms with Gasteiger partial charge in [-0.15, -0.1) is 0 Å². The number of nitrogens with one attached hydrogen (secondary N) is 2. The molecule has 0 unspecified atom stereocenters.